The minimum Gasteiger partial charge on any atom is -0.495 e. The summed E-state index contributed by atoms with van der Waals surface area (Å²) in [5.74, 6) is 0.894. The number of aryl methyl sites for hydroxylation is 1. The summed E-state index contributed by atoms with van der Waals surface area (Å²) in [6, 6.07) is 6.24. The van der Waals surface area contributed by atoms with Crippen molar-refractivity contribution in [3.8, 4) is 5.75 Å². The van der Waals surface area contributed by atoms with Gasteiger partial charge in [0, 0.05) is 11.7 Å². The monoisotopic (exact) mass is 175 g/mol. The molecule has 0 fully saturated rings. The highest BCUT2D eigenvalue weighted by Crippen LogP contribution is 2.17. The Morgan fingerprint density at radius 3 is 2.85 bits per heavy atom. The molecule has 0 spiro atoms. The third-order valence-electron chi connectivity index (χ3n) is 2.33. The van der Waals surface area contributed by atoms with Gasteiger partial charge in [-0.15, -0.1) is 0 Å². The van der Waals surface area contributed by atoms with Crippen LogP contribution in [0.25, 0.3) is 5.52 Å². The summed E-state index contributed by atoms with van der Waals surface area (Å²) in [6.45, 7) is 2.17. The van der Waals surface area contributed by atoms with Crippen molar-refractivity contribution in [3.63, 3.8) is 0 Å². The molecule has 0 unspecified atom stereocenters. The van der Waals surface area contributed by atoms with E-state index in [1.807, 2.05) is 12.3 Å². The molecule has 2 aromatic rings. The van der Waals surface area contributed by atoms with E-state index < -0.39 is 0 Å². The SMILES string of the molecule is CCc1ccn2cc(OC)ccc12. The van der Waals surface area contributed by atoms with E-state index in [-0.39, 0.29) is 0 Å². The molecule has 0 amide bonds. The van der Waals surface area contributed by atoms with Crippen molar-refractivity contribution >= 4 is 5.52 Å². The first kappa shape index (κ1) is 8.17. The lowest BCUT2D eigenvalue weighted by molar-refractivity contribution is 0.412. The quantitative estimate of drug-likeness (QED) is 0.683. The second kappa shape index (κ2) is 3.13. The van der Waals surface area contributed by atoms with Crippen LogP contribution in [0.15, 0.2) is 30.6 Å². The zero-order chi connectivity index (χ0) is 9.26. The highest BCUT2D eigenvalue weighted by molar-refractivity contribution is 5.56. The molecule has 0 atom stereocenters. The van der Waals surface area contributed by atoms with Crippen LogP contribution >= 0.6 is 0 Å². The molecule has 0 bridgehead atoms. The predicted molar refractivity (Wildman–Crippen MR) is 53.3 cm³/mol. The van der Waals surface area contributed by atoms with E-state index in [4.69, 9.17) is 4.74 Å². The fourth-order valence-electron chi connectivity index (χ4n) is 1.57. The van der Waals surface area contributed by atoms with Crippen molar-refractivity contribution in [1.29, 1.82) is 0 Å². The van der Waals surface area contributed by atoms with E-state index in [1.165, 1.54) is 11.1 Å². The van der Waals surface area contributed by atoms with Gasteiger partial charge >= 0.3 is 0 Å². The number of fused-ring (bicyclic) bond motifs is 1. The topological polar surface area (TPSA) is 13.6 Å². The molecule has 2 heteroatoms. The van der Waals surface area contributed by atoms with E-state index in [9.17, 15) is 0 Å². The van der Waals surface area contributed by atoms with Crippen LogP contribution in [0.1, 0.15) is 12.5 Å². The zero-order valence-electron chi connectivity index (χ0n) is 7.95. The largest absolute Gasteiger partial charge is 0.495 e. The van der Waals surface area contributed by atoms with Crippen LogP contribution in [-0.2, 0) is 6.42 Å². The molecule has 68 valence electrons. The highest BCUT2D eigenvalue weighted by atomic mass is 16.5. The van der Waals surface area contributed by atoms with Gasteiger partial charge in [-0.3, -0.25) is 0 Å². The number of hydrogen-bond donors (Lipinski definition) is 0. The van der Waals surface area contributed by atoms with Crippen molar-refractivity contribution in [2.75, 3.05) is 7.11 Å². The molecule has 0 N–H and O–H groups in total. The molecule has 13 heavy (non-hydrogen) atoms. The molecule has 2 aromatic heterocycles. The molecule has 0 aliphatic carbocycles. The molecular weight excluding hydrogens is 162 g/mol. The van der Waals surface area contributed by atoms with Crippen LogP contribution in [-0.4, -0.2) is 11.5 Å². The van der Waals surface area contributed by atoms with E-state index in [0.717, 1.165) is 12.2 Å². The summed E-state index contributed by atoms with van der Waals surface area (Å²) in [7, 11) is 1.69. The van der Waals surface area contributed by atoms with Gasteiger partial charge in [0.2, 0.25) is 0 Å². The van der Waals surface area contributed by atoms with Gasteiger partial charge in [-0.05, 0) is 30.2 Å². The maximum atomic E-state index is 5.14. The second-order valence-electron chi connectivity index (χ2n) is 3.06. The Morgan fingerprint density at radius 2 is 2.15 bits per heavy atom. The van der Waals surface area contributed by atoms with Crippen molar-refractivity contribution < 1.29 is 4.74 Å². The fraction of sp³-hybridized carbons (Fsp3) is 0.273. The average Bonchev–Trinajstić information content (AvgIpc) is 2.59. The number of hydrogen-bond acceptors (Lipinski definition) is 1. The van der Waals surface area contributed by atoms with Crippen LogP contribution in [0.2, 0.25) is 0 Å². The van der Waals surface area contributed by atoms with E-state index >= 15 is 0 Å². The van der Waals surface area contributed by atoms with Gasteiger partial charge in [0.25, 0.3) is 0 Å². The molecule has 0 radical (unpaired) electrons. The lowest BCUT2D eigenvalue weighted by atomic mass is 10.2. The minimum absolute atomic E-state index is 0.894. The Kier molecular flexibility index (Phi) is 1.97. The molecule has 0 aliphatic rings. The van der Waals surface area contributed by atoms with Crippen LogP contribution in [0.3, 0.4) is 0 Å². The normalized spacial score (nSPS) is 10.6. The second-order valence-corrected chi connectivity index (χ2v) is 3.06. The zero-order valence-corrected chi connectivity index (χ0v) is 7.95. The predicted octanol–water partition coefficient (Wildman–Crippen LogP) is 2.51. The van der Waals surface area contributed by atoms with Crippen LogP contribution < -0.4 is 4.74 Å². The molecule has 0 aromatic carbocycles. The van der Waals surface area contributed by atoms with Gasteiger partial charge in [-0.2, -0.15) is 0 Å². The summed E-state index contributed by atoms with van der Waals surface area (Å²) in [6.07, 6.45) is 5.13. The third-order valence-corrected chi connectivity index (χ3v) is 2.33. The van der Waals surface area contributed by atoms with Crippen molar-refractivity contribution in [1.82, 2.24) is 4.40 Å². The number of nitrogens with zero attached hydrogens (tertiary/aromatic N) is 1. The van der Waals surface area contributed by atoms with Crippen molar-refractivity contribution in [3.05, 3.63) is 36.2 Å². The first-order valence-electron chi connectivity index (χ1n) is 4.48. The maximum absolute atomic E-state index is 5.14. The van der Waals surface area contributed by atoms with Gasteiger partial charge in [0.15, 0.2) is 0 Å². The Morgan fingerprint density at radius 1 is 1.31 bits per heavy atom. The van der Waals surface area contributed by atoms with Gasteiger partial charge in [-0.25, -0.2) is 0 Å². The highest BCUT2D eigenvalue weighted by Gasteiger charge is 2.00. The molecule has 0 aliphatic heterocycles. The van der Waals surface area contributed by atoms with Crippen molar-refractivity contribution in [2.24, 2.45) is 0 Å². The lowest BCUT2D eigenvalue weighted by Gasteiger charge is -2.01. The molecule has 0 saturated heterocycles. The summed E-state index contributed by atoms with van der Waals surface area (Å²) < 4.78 is 7.24. The van der Waals surface area contributed by atoms with E-state index in [0.29, 0.717) is 0 Å². The van der Waals surface area contributed by atoms with Crippen LogP contribution in [0, 0.1) is 0 Å². The summed E-state index contributed by atoms with van der Waals surface area (Å²) in [5, 5.41) is 0. The Hall–Kier alpha value is -1.44. The van der Waals surface area contributed by atoms with Crippen LogP contribution in [0.5, 0.6) is 5.75 Å². The lowest BCUT2D eigenvalue weighted by Crippen LogP contribution is -1.87. The standard InChI is InChI=1S/C11H13NO/c1-3-9-6-7-12-8-10(13-2)4-5-11(9)12/h4-8H,3H2,1-2H3. The smallest absolute Gasteiger partial charge is 0.135 e. The fourth-order valence-corrected chi connectivity index (χ4v) is 1.57. The van der Waals surface area contributed by atoms with Crippen molar-refractivity contribution in [2.45, 2.75) is 13.3 Å². The summed E-state index contributed by atoms with van der Waals surface area (Å²) in [5.41, 5.74) is 2.64. The molecular formula is C11H13NO. The summed E-state index contributed by atoms with van der Waals surface area (Å²) in [4.78, 5) is 0. The van der Waals surface area contributed by atoms with Gasteiger partial charge in [0.1, 0.15) is 5.75 Å². The molecule has 2 nitrogen and oxygen atoms in total. The van der Waals surface area contributed by atoms with Crippen LogP contribution in [0.4, 0.5) is 0 Å². The Balaban J connectivity index is 2.61. The summed E-state index contributed by atoms with van der Waals surface area (Å²) >= 11 is 0. The number of ether oxygens (including phenoxy) is 1. The molecule has 2 heterocycles. The molecule has 2 rings (SSSR count). The van der Waals surface area contributed by atoms with Gasteiger partial charge in [-0.1, -0.05) is 6.92 Å². The van der Waals surface area contributed by atoms with Gasteiger partial charge in [0.05, 0.1) is 13.3 Å². The maximum Gasteiger partial charge on any atom is 0.135 e. The third kappa shape index (κ3) is 1.28. The first-order chi connectivity index (χ1) is 6.35. The van der Waals surface area contributed by atoms with E-state index in [2.05, 4.69) is 29.7 Å². The number of pyridine rings is 1. The average molecular weight is 175 g/mol. The Labute approximate surface area is 77.8 Å². The molecule has 0 saturated carbocycles. The van der Waals surface area contributed by atoms with Gasteiger partial charge < -0.3 is 9.14 Å². The Bertz CT molecular complexity index is 417. The minimum atomic E-state index is 0.894. The first-order valence-corrected chi connectivity index (χ1v) is 4.48. The number of rotatable bonds is 2. The number of aromatic nitrogens is 1. The van der Waals surface area contributed by atoms with E-state index in [1.54, 1.807) is 7.11 Å². The number of methoxy groups -OCH3 is 1.